The van der Waals surface area contributed by atoms with E-state index in [2.05, 4.69) is 53.8 Å². The first-order chi connectivity index (χ1) is 9.90. The Bertz CT molecular complexity index is 476. The predicted molar refractivity (Wildman–Crippen MR) is 89.8 cm³/mol. The van der Waals surface area contributed by atoms with Crippen LogP contribution in [-0.2, 0) is 6.54 Å². The highest BCUT2D eigenvalue weighted by Gasteiger charge is 2.31. The van der Waals surface area contributed by atoms with E-state index in [1.54, 1.807) is 6.07 Å². The fourth-order valence-electron chi connectivity index (χ4n) is 3.03. The Morgan fingerprint density at radius 1 is 1.29 bits per heavy atom. The van der Waals surface area contributed by atoms with Gasteiger partial charge < -0.3 is 5.32 Å². The Kier molecular flexibility index (Phi) is 5.81. The van der Waals surface area contributed by atoms with Crippen LogP contribution >= 0.6 is 15.9 Å². The zero-order valence-electron chi connectivity index (χ0n) is 13.4. The van der Waals surface area contributed by atoms with E-state index < -0.39 is 0 Å². The lowest BCUT2D eigenvalue weighted by molar-refractivity contribution is 0.0781. The van der Waals surface area contributed by atoms with Crippen molar-refractivity contribution in [2.45, 2.75) is 46.3 Å². The van der Waals surface area contributed by atoms with Gasteiger partial charge in [-0.2, -0.15) is 0 Å². The number of rotatable bonds is 4. The molecule has 1 aliphatic rings. The molecule has 0 radical (unpaired) electrons. The van der Waals surface area contributed by atoms with Crippen LogP contribution in [-0.4, -0.2) is 30.1 Å². The molecular weight excluding hydrogens is 331 g/mol. The molecule has 1 aliphatic heterocycles. The number of nitrogens with zero attached hydrogens (tertiary/aromatic N) is 1. The van der Waals surface area contributed by atoms with E-state index in [0.717, 1.165) is 25.2 Å². The lowest BCUT2D eigenvalue weighted by Gasteiger charge is -2.44. The molecule has 0 spiro atoms. The second kappa shape index (κ2) is 7.21. The maximum absolute atomic E-state index is 13.7. The minimum atomic E-state index is -0.177. The third-order valence-corrected chi connectivity index (χ3v) is 5.36. The standard InChI is InChI=1S/C17H26BrFN2/c1-11(2)15-10-21(16(8-20-15)12(3)4)9-13-6-5-7-14(19)17(13)18/h5-7,11-12,15-16,20H,8-10H2,1-4H3. The molecule has 2 rings (SSSR count). The fourth-order valence-corrected chi connectivity index (χ4v) is 3.42. The second-order valence-corrected chi connectivity index (χ2v) is 7.51. The number of hydrogen-bond acceptors (Lipinski definition) is 2. The molecule has 1 aromatic rings. The van der Waals surface area contributed by atoms with Gasteiger partial charge in [0.1, 0.15) is 5.82 Å². The lowest BCUT2D eigenvalue weighted by atomic mass is 9.94. The van der Waals surface area contributed by atoms with Crippen LogP contribution in [0.1, 0.15) is 33.3 Å². The van der Waals surface area contributed by atoms with Gasteiger partial charge in [-0.1, -0.05) is 39.8 Å². The molecule has 0 aliphatic carbocycles. The van der Waals surface area contributed by atoms with Crippen molar-refractivity contribution in [2.24, 2.45) is 11.8 Å². The third kappa shape index (κ3) is 4.05. The monoisotopic (exact) mass is 356 g/mol. The Morgan fingerprint density at radius 3 is 2.62 bits per heavy atom. The van der Waals surface area contributed by atoms with E-state index in [0.29, 0.717) is 28.4 Å². The number of hydrogen-bond donors (Lipinski definition) is 1. The van der Waals surface area contributed by atoms with Crippen LogP contribution in [0.3, 0.4) is 0 Å². The first kappa shape index (κ1) is 16.9. The predicted octanol–water partition coefficient (Wildman–Crippen LogP) is 4.04. The molecule has 4 heteroatoms. The fraction of sp³-hybridized carbons (Fsp3) is 0.647. The quantitative estimate of drug-likeness (QED) is 0.875. The zero-order valence-corrected chi connectivity index (χ0v) is 15.0. The topological polar surface area (TPSA) is 15.3 Å². The van der Waals surface area contributed by atoms with Crippen LogP contribution in [0.2, 0.25) is 0 Å². The van der Waals surface area contributed by atoms with Gasteiger partial charge in [0.05, 0.1) is 4.47 Å². The molecule has 118 valence electrons. The van der Waals surface area contributed by atoms with E-state index in [1.807, 2.05) is 6.07 Å². The Labute approximate surface area is 136 Å². The molecule has 1 fully saturated rings. The summed E-state index contributed by atoms with van der Waals surface area (Å²) in [5, 5.41) is 3.66. The average molecular weight is 357 g/mol. The van der Waals surface area contributed by atoms with Gasteiger partial charge in [-0.05, 0) is 39.4 Å². The Balaban J connectivity index is 2.18. The smallest absolute Gasteiger partial charge is 0.137 e. The van der Waals surface area contributed by atoms with Gasteiger partial charge in [-0.15, -0.1) is 0 Å². The molecule has 1 heterocycles. The van der Waals surface area contributed by atoms with Crippen molar-refractivity contribution < 1.29 is 4.39 Å². The van der Waals surface area contributed by atoms with E-state index in [4.69, 9.17) is 0 Å². The molecule has 2 atom stereocenters. The number of piperazine rings is 1. The maximum atomic E-state index is 13.7. The van der Waals surface area contributed by atoms with Crippen LogP contribution in [0, 0.1) is 17.7 Å². The van der Waals surface area contributed by atoms with Crippen molar-refractivity contribution >= 4 is 15.9 Å². The van der Waals surface area contributed by atoms with Crippen LogP contribution < -0.4 is 5.32 Å². The van der Waals surface area contributed by atoms with Crippen molar-refractivity contribution in [2.75, 3.05) is 13.1 Å². The van der Waals surface area contributed by atoms with Crippen molar-refractivity contribution in [3.8, 4) is 0 Å². The van der Waals surface area contributed by atoms with Crippen LogP contribution in [0.4, 0.5) is 4.39 Å². The van der Waals surface area contributed by atoms with Crippen molar-refractivity contribution in [3.05, 3.63) is 34.1 Å². The summed E-state index contributed by atoms with van der Waals surface area (Å²) in [6.45, 7) is 11.8. The van der Waals surface area contributed by atoms with Crippen molar-refractivity contribution in [1.29, 1.82) is 0 Å². The molecule has 0 bridgehead atoms. The van der Waals surface area contributed by atoms with Gasteiger partial charge in [0.2, 0.25) is 0 Å². The summed E-state index contributed by atoms with van der Waals surface area (Å²) in [6, 6.07) is 6.31. The van der Waals surface area contributed by atoms with E-state index in [1.165, 1.54) is 6.07 Å². The van der Waals surface area contributed by atoms with Gasteiger partial charge in [-0.25, -0.2) is 4.39 Å². The maximum Gasteiger partial charge on any atom is 0.137 e. The van der Waals surface area contributed by atoms with Crippen molar-refractivity contribution in [1.82, 2.24) is 10.2 Å². The van der Waals surface area contributed by atoms with Gasteiger partial charge >= 0.3 is 0 Å². The largest absolute Gasteiger partial charge is 0.311 e. The number of nitrogens with one attached hydrogen (secondary N) is 1. The summed E-state index contributed by atoms with van der Waals surface area (Å²) in [6.07, 6.45) is 0. The van der Waals surface area contributed by atoms with Crippen LogP contribution in [0.25, 0.3) is 0 Å². The normalized spacial score (nSPS) is 24.0. The Morgan fingerprint density at radius 2 is 2.00 bits per heavy atom. The first-order valence-corrected chi connectivity index (χ1v) is 8.59. The number of halogens is 2. The van der Waals surface area contributed by atoms with Gasteiger partial charge in [0.15, 0.2) is 0 Å². The minimum absolute atomic E-state index is 0.177. The van der Waals surface area contributed by atoms with Crippen LogP contribution in [0.15, 0.2) is 22.7 Å². The minimum Gasteiger partial charge on any atom is -0.311 e. The van der Waals surface area contributed by atoms with E-state index in [-0.39, 0.29) is 5.82 Å². The highest BCUT2D eigenvalue weighted by atomic mass is 79.9. The second-order valence-electron chi connectivity index (χ2n) is 6.71. The summed E-state index contributed by atoms with van der Waals surface area (Å²) >= 11 is 3.39. The van der Waals surface area contributed by atoms with Gasteiger partial charge in [-0.3, -0.25) is 4.90 Å². The molecule has 2 nitrogen and oxygen atoms in total. The third-order valence-electron chi connectivity index (χ3n) is 4.47. The number of benzene rings is 1. The SMILES string of the molecule is CC(C)C1CN(Cc2cccc(F)c2Br)C(C(C)C)CN1. The summed E-state index contributed by atoms with van der Waals surface area (Å²) in [7, 11) is 0. The van der Waals surface area contributed by atoms with Gasteiger partial charge in [0.25, 0.3) is 0 Å². The first-order valence-electron chi connectivity index (χ1n) is 7.80. The van der Waals surface area contributed by atoms with E-state index >= 15 is 0 Å². The van der Waals surface area contributed by atoms with Crippen LogP contribution in [0.5, 0.6) is 0 Å². The zero-order chi connectivity index (χ0) is 15.6. The molecule has 1 aromatic carbocycles. The molecule has 0 saturated carbocycles. The summed E-state index contributed by atoms with van der Waals surface area (Å²) < 4.78 is 14.3. The highest BCUT2D eigenvalue weighted by molar-refractivity contribution is 9.10. The average Bonchev–Trinajstić information content (AvgIpc) is 2.43. The van der Waals surface area contributed by atoms with Gasteiger partial charge in [0, 0.05) is 31.7 Å². The summed E-state index contributed by atoms with van der Waals surface area (Å²) in [5.41, 5.74) is 1.03. The Hall–Kier alpha value is -0.450. The molecule has 0 amide bonds. The summed E-state index contributed by atoms with van der Waals surface area (Å²) in [4.78, 5) is 2.51. The lowest BCUT2D eigenvalue weighted by Crippen LogP contribution is -2.59. The highest BCUT2D eigenvalue weighted by Crippen LogP contribution is 2.26. The summed E-state index contributed by atoms with van der Waals surface area (Å²) in [5.74, 6) is 1.01. The van der Waals surface area contributed by atoms with Crippen molar-refractivity contribution in [3.63, 3.8) is 0 Å². The van der Waals surface area contributed by atoms with E-state index in [9.17, 15) is 4.39 Å². The molecule has 1 N–H and O–H groups in total. The molecule has 1 saturated heterocycles. The molecule has 2 unspecified atom stereocenters. The molecule has 21 heavy (non-hydrogen) atoms. The molecular formula is C17H26BrFN2. The molecule has 0 aromatic heterocycles.